The maximum Gasteiger partial charge on any atom is 0.304 e. The second-order valence-corrected chi connectivity index (χ2v) is 5.62. The average Bonchev–Trinajstić information content (AvgIpc) is 2.37. The molecular formula is C15H21FN2O3. The van der Waals surface area contributed by atoms with Gasteiger partial charge in [-0.05, 0) is 31.4 Å². The second kappa shape index (κ2) is 7.71. The molecule has 0 aromatic heterocycles. The molecule has 1 N–H and O–H groups in total. The molecule has 0 saturated carbocycles. The number of carbonyl (C=O) groups is 1. The van der Waals surface area contributed by atoms with Crippen LogP contribution in [0.15, 0.2) is 18.2 Å². The predicted molar refractivity (Wildman–Crippen MR) is 78.7 cm³/mol. The fraction of sp³-hybridized carbons (Fsp3) is 0.533. The van der Waals surface area contributed by atoms with E-state index in [0.717, 1.165) is 31.4 Å². The highest BCUT2D eigenvalue weighted by molar-refractivity contribution is 5.94. The molecule has 0 radical (unpaired) electrons. The molecule has 1 aromatic rings. The Morgan fingerprint density at radius 1 is 1.33 bits per heavy atom. The molecule has 0 heterocycles. The third-order valence-corrected chi connectivity index (χ3v) is 3.20. The van der Waals surface area contributed by atoms with E-state index in [-0.39, 0.29) is 11.6 Å². The van der Waals surface area contributed by atoms with E-state index in [0.29, 0.717) is 5.92 Å². The van der Waals surface area contributed by atoms with Gasteiger partial charge in [0.1, 0.15) is 0 Å². The summed E-state index contributed by atoms with van der Waals surface area (Å²) in [6.07, 6.45) is 2.94. The molecule has 21 heavy (non-hydrogen) atoms. The summed E-state index contributed by atoms with van der Waals surface area (Å²) >= 11 is 0. The van der Waals surface area contributed by atoms with Gasteiger partial charge in [-0.25, -0.2) is 0 Å². The lowest BCUT2D eigenvalue weighted by Gasteiger charge is -2.14. The summed E-state index contributed by atoms with van der Waals surface area (Å²) in [5.74, 6) is -0.794. The van der Waals surface area contributed by atoms with Crippen LogP contribution >= 0.6 is 0 Å². The van der Waals surface area contributed by atoms with Gasteiger partial charge in [0.25, 0.3) is 5.91 Å². The summed E-state index contributed by atoms with van der Waals surface area (Å²) < 4.78 is 13.5. The Hall–Kier alpha value is -1.98. The Morgan fingerprint density at radius 2 is 2.00 bits per heavy atom. The third kappa shape index (κ3) is 5.49. The van der Waals surface area contributed by atoms with Crippen LogP contribution in [0.3, 0.4) is 0 Å². The van der Waals surface area contributed by atoms with Crippen molar-refractivity contribution in [3.8, 4) is 0 Å². The Morgan fingerprint density at radius 3 is 2.52 bits per heavy atom. The molecule has 0 saturated heterocycles. The highest BCUT2D eigenvalue weighted by Crippen LogP contribution is 2.18. The van der Waals surface area contributed by atoms with Crippen molar-refractivity contribution in [3.63, 3.8) is 0 Å². The molecule has 1 aromatic carbocycles. The van der Waals surface area contributed by atoms with E-state index < -0.39 is 22.3 Å². The number of hydrogen-bond donors (Lipinski definition) is 1. The van der Waals surface area contributed by atoms with Crippen molar-refractivity contribution in [1.29, 1.82) is 0 Å². The summed E-state index contributed by atoms with van der Waals surface area (Å²) in [4.78, 5) is 21.6. The summed E-state index contributed by atoms with van der Waals surface area (Å²) in [5.41, 5.74) is -0.537. The van der Waals surface area contributed by atoms with Crippen molar-refractivity contribution in [3.05, 3.63) is 39.7 Å². The monoisotopic (exact) mass is 296 g/mol. The summed E-state index contributed by atoms with van der Waals surface area (Å²) in [6, 6.07) is 3.15. The largest absolute Gasteiger partial charge is 0.350 e. The topological polar surface area (TPSA) is 72.2 Å². The van der Waals surface area contributed by atoms with Crippen LogP contribution in [-0.4, -0.2) is 16.9 Å². The first-order valence-electron chi connectivity index (χ1n) is 7.06. The predicted octanol–water partition coefficient (Wildman–Crippen LogP) is 3.68. The second-order valence-electron chi connectivity index (χ2n) is 5.62. The van der Waals surface area contributed by atoms with Crippen molar-refractivity contribution in [2.75, 3.05) is 0 Å². The van der Waals surface area contributed by atoms with E-state index >= 15 is 0 Å². The van der Waals surface area contributed by atoms with Gasteiger partial charge in [0.15, 0.2) is 0 Å². The smallest absolute Gasteiger partial charge is 0.304 e. The van der Waals surface area contributed by atoms with Crippen LogP contribution in [0.2, 0.25) is 0 Å². The number of halogens is 1. The van der Waals surface area contributed by atoms with E-state index in [4.69, 9.17) is 0 Å². The summed E-state index contributed by atoms with van der Waals surface area (Å²) in [6.45, 7) is 6.17. The number of rotatable bonds is 7. The zero-order chi connectivity index (χ0) is 16.0. The maximum atomic E-state index is 13.5. The molecule has 5 nitrogen and oxygen atoms in total. The van der Waals surface area contributed by atoms with Gasteiger partial charge in [-0.3, -0.25) is 14.9 Å². The number of nitrogens with zero attached hydrogens (tertiary/aromatic N) is 1. The van der Waals surface area contributed by atoms with E-state index in [1.165, 1.54) is 6.07 Å². The van der Waals surface area contributed by atoms with Crippen LogP contribution in [0.5, 0.6) is 0 Å². The molecule has 116 valence electrons. The van der Waals surface area contributed by atoms with Crippen LogP contribution in [-0.2, 0) is 0 Å². The first-order valence-corrected chi connectivity index (χ1v) is 7.06. The number of benzene rings is 1. The Labute approximate surface area is 123 Å². The zero-order valence-electron chi connectivity index (χ0n) is 12.6. The van der Waals surface area contributed by atoms with Crippen molar-refractivity contribution < 1.29 is 14.1 Å². The van der Waals surface area contributed by atoms with Crippen LogP contribution < -0.4 is 5.32 Å². The molecule has 0 aliphatic carbocycles. The molecule has 1 amide bonds. The minimum Gasteiger partial charge on any atom is -0.350 e. The molecule has 0 aliphatic rings. The van der Waals surface area contributed by atoms with Crippen LogP contribution in [0.4, 0.5) is 10.1 Å². The highest BCUT2D eigenvalue weighted by Gasteiger charge is 2.17. The molecule has 6 heteroatoms. The highest BCUT2D eigenvalue weighted by atomic mass is 19.1. The average molecular weight is 296 g/mol. The number of hydrogen-bond acceptors (Lipinski definition) is 3. The van der Waals surface area contributed by atoms with Crippen LogP contribution in [0, 0.1) is 21.8 Å². The van der Waals surface area contributed by atoms with Gasteiger partial charge in [0.05, 0.1) is 4.92 Å². The molecule has 0 aliphatic heterocycles. The van der Waals surface area contributed by atoms with Crippen LogP contribution in [0.1, 0.15) is 50.4 Å². The molecule has 0 spiro atoms. The summed E-state index contributed by atoms with van der Waals surface area (Å²) in [5, 5.41) is 13.3. The molecule has 0 bridgehead atoms. The Bertz CT molecular complexity index is 518. The minimum atomic E-state index is -1.000. The first-order chi connectivity index (χ1) is 9.81. The van der Waals surface area contributed by atoms with E-state index in [9.17, 15) is 19.3 Å². The molecule has 0 fully saturated rings. The van der Waals surface area contributed by atoms with Crippen molar-refractivity contribution in [2.24, 2.45) is 5.92 Å². The standard InChI is InChI=1S/C15H21FN2O3/c1-10(2)5-4-6-11(3)17-15(19)12-7-8-14(18(20)21)13(16)9-12/h7-11H,4-6H2,1-3H3,(H,17,19). The maximum absolute atomic E-state index is 13.5. The van der Waals surface area contributed by atoms with Gasteiger partial charge in [-0.15, -0.1) is 0 Å². The number of nitro groups is 1. The molecule has 1 rings (SSSR count). The quantitative estimate of drug-likeness (QED) is 0.616. The molecule has 1 atom stereocenters. The number of amides is 1. The van der Waals surface area contributed by atoms with Crippen molar-refractivity contribution in [1.82, 2.24) is 5.32 Å². The van der Waals surface area contributed by atoms with E-state index in [2.05, 4.69) is 19.2 Å². The molecular weight excluding hydrogens is 275 g/mol. The fourth-order valence-corrected chi connectivity index (χ4v) is 2.01. The van der Waals surface area contributed by atoms with Gasteiger partial charge in [0.2, 0.25) is 5.82 Å². The Balaban J connectivity index is 2.59. The SMILES string of the molecule is CC(C)CCCC(C)NC(=O)c1ccc([N+](=O)[O-])c(F)c1. The van der Waals surface area contributed by atoms with Gasteiger partial charge >= 0.3 is 5.69 Å². The number of nitro benzene ring substituents is 1. The first kappa shape index (κ1) is 17.1. The molecule has 1 unspecified atom stereocenters. The Kier molecular flexibility index (Phi) is 6.27. The van der Waals surface area contributed by atoms with Gasteiger partial charge in [0, 0.05) is 17.7 Å². The van der Waals surface area contributed by atoms with E-state index in [1.807, 2.05) is 6.92 Å². The van der Waals surface area contributed by atoms with Crippen LogP contribution in [0.25, 0.3) is 0 Å². The zero-order valence-corrected chi connectivity index (χ0v) is 12.6. The third-order valence-electron chi connectivity index (χ3n) is 3.20. The van der Waals surface area contributed by atoms with Gasteiger partial charge in [-0.1, -0.05) is 26.7 Å². The lowest BCUT2D eigenvalue weighted by Crippen LogP contribution is -2.32. The normalized spacial score (nSPS) is 12.2. The van der Waals surface area contributed by atoms with Crippen molar-refractivity contribution in [2.45, 2.75) is 46.1 Å². The fourth-order valence-electron chi connectivity index (χ4n) is 2.01. The van der Waals surface area contributed by atoms with Crippen molar-refractivity contribution >= 4 is 11.6 Å². The van der Waals surface area contributed by atoms with E-state index in [1.54, 1.807) is 0 Å². The lowest BCUT2D eigenvalue weighted by molar-refractivity contribution is -0.387. The van der Waals surface area contributed by atoms with Gasteiger partial charge < -0.3 is 5.32 Å². The summed E-state index contributed by atoms with van der Waals surface area (Å²) in [7, 11) is 0. The van der Waals surface area contributed by atoms with Gasteiger partial charge in [-0.2, -0.15) is 4.39 Å². The lowest BCUT2D eigenvalue weighted by atomic mass is 10.0. The number of carbonyl (C=O) groups excluding carboxylic acids is 1. The minimum absolute atomic E-state index is 0.0190. The number of nitrogens with one attached hydrogen (secondary N) is 1.